The summed E-state index contributed by atoms with van der Waals surface area (Å²) in [6.45, 7) is 1.88. The van der Waals surface area contributed by atoms with E-state index in [1.807, 2.05) is 6.92 Å². The Balaban J connectivity index is 3.27. The van der Waals surface area contributed by atoms with Crippen LogP contribution in [-0.2, 0) is 4.79 Å². The number of rotatable bonds is 2. The van der Waals surface area contributed by atoms with Crippen LogP contribution in [0.1, 0.15) is 5.56 Å². The van der Waals surface area contributed by atoms with E-state index >= 15 is 0 Å². The fourth-order valence-electron chi connectivity index (χ4n) is 1.09. The third-order valence-electron chi connectivity index (χ3n) is 1.59. The summed E-state index contributed by atoms with van der Waals surface area (Å²) >= 11 is 3.31. The molecule has 0 aliphatic rings. The Morgan fingerprint density at radius 3 is 2.69 bits per heavy atom. The standard InChI is InChI=1S/C9H8BrNO2/c1-6-3-7(11-5-12)4-8(10)9(6)13-2/h3-4H,1-2H3. The van der Waals surface area contributed by atoms with Gasteiger partial charge in [-0.3, -0.25) is 0 Å². The Kier molecular flexibility index (Phi) is 3.23. The van der Waals surface area contributed by atoms with Gasteiger partial charge in [0.2, 0.25) is 6.08 Å². The minimum absolute atomic E-state index is 0.570. The number of ether oxygens (including phenoxy) is 1. The van der Waals surface area contributed by atoms with Crippen LogP contribution < -0.4 is 4.74 Å². The molecule has 0 aliphatic carbocycles. The lowest BCUT2D eigenvalue weighted by Gasteiger charge is -2.06. The summed E-state index contributed by atoms with van der Waals surface area (Å²) in [5, 5.41) is 0. The molecule has 0 amide bonds. The number of hydrogen-bond acceptors (Lipinski definition) is 3. The van der Waals surface area contributed by atoms with Crippen LogP contribution in [0.3, 0.4) is 0 Å². The van der Waals surface area contributed by atoms with Gasteiger partial charge in [-0.05, 0) is 40.5 Å². The van der Waals surface area contributed by atoms with Gasteiger partial charge in [0, 0.05) is 0 Å². The van der Waals surface area contributed by atoms with Gasteiger partial charge in [-0.15, -0.1) is 0 Å². The molecule has 0 heterocycles. The second kappa shape index (κ2) is 4.21. The summed E-state index contributed by atoms with van der Waals surface area (Å²) in [5.41, 5.74) is 1.49. The van der Waals surface area contributed by atoms with Crippen molar-refractivity contribution in [3.63, 3.8) is 0 Å². The molecule has 1 aromatic rings. The van der Waals surface area contributed by atoms with Gasteiger partial charge in [-0.2, -0.15) is 4.99 Å². The molecule has 1 aromatic carbocycles. The molecule has 3 nitrogen and oxygen atoms in total. The van der Waals surface area contributed by atoms with Gasteiger partial charge in [-0.1, -0.05) is 0 Å². The number of methoxy groups -OCH3 is 1. The summed E-state index contributed by atoms with van der Waals surface area (Å²) in [5.74, 6) is 0.754. The lowest BCUT2D eigenvalue weighted by molar-refractivity contribution is 0.409. The van der Waals surface area contributed by atoms with Crippen molar-refractivity contribution >= 4 is 27.7 Å². The van der Waals surface area contributed by atoms with Crippen LogP contribution in [0, 0.1) is 6.92 Å². The molecule has 0 atom stereocenters. The molecule has 0 aliphatic heterocycles. The average Bonchev–Trinajstić information content (AvgIpc) is 2.04. The van der Waals surface area contributed by atoms with Crippen molar-refractivity contribution in [3.8, 4) is 5.75 Å². The Bertz CT molecular complexity index is 347. The van der Waals surface area contributed by atoms with Gasteiger partial charge in [0.05, 0.1) is 17.3 Å². The first-order chi connectivity index (χ1) is 6.19. The molecular formula is C9H8BrNO2. The number of halogens is 1. The van der Waals surface area contributed by atoms with Crippen LogP contribution in [0.2, 0.25) is 0 Å². The molecule has 1 rings (SSSR count). The lowest BCUT2D eigenvalue weighted by Crippen LogP contribution is -1.87. The molecule has 0 aromatic heterocycles. The third-order valence-corrected chi connectivity index (χ3v) is 2.18. The largest absolute Gasteiger partial charge is 0.495 e. The second-order valence-corrected chi connectivity index (χ2v) is 3.34. The van der Waals surface area contributed by atoms with Crippen molar-refractivity contribution in [2.45, 2.75) is 6.92 Å². The first-order valence-electron chi connectivity index (χ1n) is 3.61. The molecule has 0 unspecified atom stereocenters. The number of aryl methyl sites for hydroxylation is 1. The van der Waals surface area contributed by atoms with Gasteiger partial charge >= 0.3 is 0 Å². The first-order valence-corrected chi connectivity index (χ1v) is 4.40. The van der Waals surface area contributed by atoms with E-state index in [9.17, 15) is 4.79 Å². The van der Waals surface area contributed by atoms with E-state index in [1.54, 1.807) is 19.2 Å². The minimum atomic E-state index is 0.570. The highest BCUT2D eigenvalue weighted by atomic mass is 79.9. The van der Waals surface area contributed by atoms with E-state index in [1.165, 1.54) is 6.08 Å². The lowest BCUT2D eigenvalue weighted by atomic mass is 10.2. The topological polar surface area (TPSA) is 38.7 Å². The molecule has 0 fully saturated rings. The van der Waals surface area contributed by atoms with E-state index < -0.39 is 0 Å². The summed E-state index contributed by atoms with van der Waals surface area (Å²) < 4.78 is 5.90. The second-order valence-electron chi connectivity index (χ2n) is 2.48. The summed E-state index contributed by atoms with van der Waals surface area (Å²) in [7, 11) is 1.59. The van der Waals surface area contributed by atoms with E-state index in [0.29, 0.717) is 5.69 Å². The predicted octanol–water partition coefficient (Wildman–Crippen LogP) is 2.73. The van der Waals surface area contributed by atoms with Crippen LogP contribution in [0.5, 0.6) is 5.75 Å². The van der Waals surface area contributed by atoms with E-state index in [-0.39, 0.29) is 0 Å². The number of carbonyl (C=O) groups excluding carboxylic acids is 1. The van der Waals surface area contributed by atoms with Crippen LogP contribution in [0.4, 0.5) is 5.69 Å². The third kappa shape index (κ3) is 2.17. The summed E-state index contributed by atoms with van der Waals surface area (Å²) in [6, 6.07) is 3.46. The Morgan fingerprint density at radius 2 is 2.23 bits per heavy atom. The SMILES string of the molecule is COc1c(C)cc(N=C=O)cc1Br. The molecule has 0 radical (unpaired) electrons. The molecule has 0 saturated heterocycles. The first kappa shape index (κ1) is 9.96. The van der Waals surface area contributed by atoms with Gasteiger partial charge in [0.25, 0.3) is 0 Å². The zero-order valence-corrected chi connectivity index (χ0v) is 8.88. The monoisotopic (exact) mass is 241 g/mol. The van der Waals surface area contributed by atoms with Crippen LogP contribution in [0.15, 0.2) is 21.6 Å². The average molecular weight is 242 g/mol. The van der Waals surface area contributed by atoms with Crippen molar-refractivity contribution in [3.05, 3.63) is 22.2 Å². The van der Waals surface area contributed by atoms with E-state index in [4.69, 9.17) is 4.74 Å². The normalized spacial score (nSPS) is 9.15. The molecular weight excluding hydrogens is 234 g/mol. The smallest absolute Gasteiger partial charge is 0.240 e. The highest BCUT2D eigenvalue weighted by molar-refractivity contribution is 9.10. The maximum absolute atomic E-state index is 10.0. The fourth-order valence-corrected chi connectivity index (χ4v) is 1.80. The molecule has 0 spiro atoms. The number of isocyanates is 1. The number of hydrogen-bond donors (Lipinski definition) is 0. The quantitative estimate of drug-likeness (QED) is 0.590. The summed E-state index contributed by atoms with van der Waals surface area (Å²) in [4.78, 5) is 13.5. The summed E-state index contributed by atoms with van der Waals surface area (Å²) in [6.07, 6.45) is 1.49. The predicted molar refractivity (Wildman–Crippen MR) is 53.2 cm³/mol. The highest BCUT2D eigenvalue weighted by Crippen LogP contribution is 2.32. The van der Waals surface area contributed by atoms with Crippen molar-refractivity contribution in [2.24, 2.45) is 4.99 Å². The van der Waals surface area contributed by atoms with Gasteiger partial charge in [0.1, 0.15) is 5.75 Å². The molecule has 0 N–H and O–H groups in total. The molecule has 0 saturated carbocycles. The van der Waals surface area contributed by atoms with Crippen LogP contribution in [-0.4, -0.2) is 13.2 Å². The fraction of sp³-hybridized carbons (Fsp3) is 0.222. The highest BCUT2D eigenvalue weighted by Gasteiger charge is 2.05. The van der Waals surface area contributed by atoms with Gasteiger partial charge in [-0.25, -0.2) is 4.79 Å². The van der Waals surface area contributed by atoms with E-state index in [0.717, 1.165) is 15.8 Å². The zero-order valence-electron chi connectivity index (χ0n) is 7.30. The van der Waals surface area contributed by atoms with Crippen molar-refractivity contribution in [1.29, 1.82) is 0 Å². The minimum Gasteiger partial charge on any atom is -0.495 e. The van der Waals surface area contributed by atoms with Crippen LogP contribution in [0.25, 0.3) is 0 Å². The van der Waals surface area contributed by atoms with Crippen LogP contribution >= 0.6 is 15.9 Å². The van der Waals surface area contributed by atoms with Crippen molar-refractivity contribution in [2.75, 3.05) is 7.11 Å². The molecule has 68 valence electrons. The molecule has 4 heteroatoms. The number of aliphatic imine (C=N–C) groups is 1. The number of benzene rings is 1. The van der Waals surface area contributed by atoms with E-state index in [2.05, 4.69) is 20.9 Å². The maximum Gasteiger partial charge on any atom is 0.240 e. The zero-order chi connectivity index (χ0) is 9.84. The van der Waals surface area contributed by atoms with Gasteiger partial charge < -0.3 is 4.74 Å². The van der Waals surface area contributed by atoms with Crippen molar-refractivity contribution in [1.82, 2.24) is 0 Å². The Labute approximate surface area is 84.6 Å². The maximum atomic E-state index is 10.0. The molecule has 13 heavy (non-hydrogen) atoms. The Hall–Kier alpha value is -1.12. The van der Waals surface area contributed by atoms with Gasteiger partial charge in [0.15, 0.2) is 0 Å². The molecule has 0 bridgehead atoms. The number of nitrogens with zero attached hydrogens (tertiary/aromatic N) is 1. The Morgan fingerprint density at radius 1 is 1.54 bits per heavy atom. The van der Waals surface area contributed by atoms with Crippen molar-refractivity contribution < 1.29 is 9.53 Å².